The van der Waals surface area contributed by atoms with Gasteiger partial charge in [0, 0.05) is 24.7 Å². The Kier molecular flexibility index (Phi) is 7.28. The molecule has 10 heteroatoms. The molecule has 0 unspecified atom stereocenters. The first kappa shape index (κ1) is 21.8. The average molecular weight is 457 g/mol. The Morgan fingerprint density at radius 1 is 1.17 bits per heavy atom. The van der Waals surface area contributed by atoms with Gasteiger partial charge in [0.1, 0.15) is 4.21 Å². The van der Waals surface area contributed by atoms with Gasteiger partial charge in [0.25, 0.3) is 15.9 Å². The summed E-state index contributed by atoms with van der Waals surface area (Å²) in [6, 6.07) is 10.4. The van der Waals surface area contributed by atoms with E-state index in [2.05, 4.69) is 5.32 Å². The summed E-state index contributed by atoms with van der Waals surface area (Å²) in [6.45, 7) is 0.365. The van der Waals surface area contributed by atoms with E-state index in [1.165, 1.54) is 15.6 Å². The molecule has 1 aliphatic rings. The summed E-state index contributed by atoms with van der Waals surface area (Å²) >= 11 is 7.20. The molecule has 1 N–H and O–H groups in total. The van der Waals surface area contributed by atoms with Crippen molar-refractivity contribution in [1.29, 1.82) is 0 Å². The van der Waals surface area contributed by atoms with Crippen LogP contribution in [-0.4, -0.2) is 44.3 Å². The lowest BCUT2D eigenvalue weighted by molar-refractivity contribution is -0.153. The minimum atomic E-state index is -3.51. The largest absolute Gasteiger partial charge is 0.455 e. The van der Waals surface area contributed by atoms with E-state index >= 15 is 0 Å². The number of piperidine rings is 1. The van der Waals surface area contributed by atoms with E-state index in [0.29, 0.717) is 22.1 Å². The minimum absolute atomic E-state index is 0.245. The molecule has 2 aromatic rings. The highest BCUT2D eigenvalue weighted by Crippen LogP contribution is 2.26. The first-order valence-corrected chi connectivity index (χ1v) is 11.8. The number of amides is 1. The zero-order valence-electron chi connectivity index (χ0n) is 15.5. The van der Waals surface area contributed by atoms with E-state index < -0.39 is 27.8 Å². The van der Waals surface area contributed by atoms with Crippen LogP contribution in [0.2, 0.25) is 5.02 Å². The first-order chi connectivity index (χ1) is 13.9. The molecule has 1 aromatic heterocycles. The SMILES string of the molecule is O=C(COC(=O)C1CCN(S(=O)(=O)c2cccs2)CC1)NCc1ccccc1Cl. The summed E-state index contributed by atoms with van der Waals surface area (Å²) < 4.78 is 31.8. The molecule has 0 atom stereocenters. The summed E-state index contributed by atoms with van der Waals surface area (Å²) in [6.07, 6.45) is 0.732. The van der Waals surface area contributed by atoms with Crippen LogP contribution in [0.4, 0.5) is 0 Å². The van der Waals surface area contributed by atoms with Crippen LogP contribution in [0.5, 0.6) is 0 Å². The normalized spacial score (nSPS) is 15.8. The van der Waals surface area contributed by atoms with E-state index in [1.54, 1.807) is 35.7 Å². The van der Waals surface area contributed by atoms with Crippen LogP contribution in [0.15, 0.2) is 46.0 Å². The summed E-state index contributed by atoms with van der Waals surface area (Å²) in [5, 5.41) is 4.92. The maximum atomic E-state index is 12.5. The number of sulfonamides is 1. The average Bonchev–Trinajstić information content (AvgIpc) is 3.27. The van der Waals surface area contributed by atoms with Crippen LogP contribution in [0.25, 0.3) is 0 Å². The molecule has 1 saturated heterocycles. The van der Waals surface area contributed by atoms with Gasteiger partial charge in [-0.05, 0) is 35.9 Å². The third-order valence-electron chi connectivity index (χ3n) is 4.66. The predicted octanol–water partition coefficient (Wildman–Crippen LogP) is 2.66. The zero-order chi connectivity index (χ0) is 20.9. The predicted molar refractivity (Wildman–Crippen MR) is 110 cm³/mol. The van der Waals surface area contributed by atoms with Gasteiger partial charge in [0.05, 0.1) is 5.92 Å². The molecule has 1 fully saturated rings. The second-order valence-corrected chi connectivity index (χ2v) is 10.1. The van der Waals surface area contributed by atoms with Crippen molar-refractivity contribution in [3.63, 3.8) is 0 Å². The van der Waals surface area contributed by atoms with E-state index in [1.807, 2.05) is 6.07 Å². The number of halogens is 1. The molecule has 156 valence electrons. The van der Waals surface area contributed by atoms with Gasteiger partial charge in [-0.3, -0.25) is 9.59 Å². The number of hydrogen-bond acceptors (Lipinski definition) is 6. The number of esters is 1. The van der Waals surface area contributed by atoms with E-state index in [0.717, 1.165) is 5.56 Å². The molecule has 0 radical (unpaired) electrons. The standard InChI is InChI=1S/C19H21ClN2O5S2/c20-16-5-2-1-4-15(16)12-21-17(23)13-27-19(24)14-7-9-22(10-8-14)29(25,26)18-6-3-11-28-18/h1-6,11,14H,7-10,12-13H2,(H,21,23). The Labute approximate surface area is 178 Å². The fourth-order valence-electron chi connectivity index (χ4n) is 3.01. The van der Waals surface area contributed by atoms with Gasteiger partial charge in [-0.2, -0.15) is 4.31 Å². The summed E-state index contributed by atoms with van der Waals surface area (Å²) in [7, 11) is -3.51. The van der Waals surface area contributed by atoms with Gasteiger partial charge in [-0.1, -0.05) is 35.9 Å². The smallest absolute Gasteiger partial charge is 0.309 e. The molecule has 0 aliphatic carbocycles. The van der Waals surface area contributed by atoms with Crippen molar-refractivity contribution in [3.05, 3.63) is 52.4 Å². The third-order valence-corrected chi connectivity index (χ3v) is 8.30. The van der Waals surface area contributed by atoms with Crippen molar-refractivity contribution in [2.24, 2.45) is 5.92 Å². The molecule has 1 amide bonds. The molecule has 1 aliphatic heterocycles. The second kappa shape index (κ2) is 9.71. The zero-order valence-corrected chi connectivity index (χ0v) is 17.9. The number of rotatable bonds is 7. The molecule has 3 rings (SSSR count). The van der Waals surface area contributed by atoms with Gasteiger partial charge < -0.3 is 10.1 Å². The number of nitrogens with one attached hydrogen (secondary N) is 1. The molecule has 7 nitrogen and oxygen atoms in total. The number of thiophene rings is 1. The van der Waals surface area contributed by atoms with Crippen molar-refractivity contribution >= 4 is 44.8 Å². The first-order valence-electron chi connectivity index (χ1n) is 9.08. The minimum Gasteiger partial charge on any atom is -0.455 e. The molecule has 1 aromatic carbocycles. The van der Waals surface area contributed by atoms with Crippen molar-refractivity contribution in [2.45, 2.75) is 23.6 Å². The van der Waals surface area contributed by atoms with Gasteiger partial charge in [-0.25, -0.2) is 8.42 Å². The molecular weight excluding hydrogens is 436 g/mol. The number of benzene rings is 1. The van der Waals surface area contributed by atoms with Crippen molar-refractivity contribution < 1.29 is 22.7 Å². The Bertz CT molecular complexity index is 955. The molecule has 0 saturated carbocycles. The Balaban J connectivity index is 1.42. The molecular formula is C19H21ClN2O5S2. The highest BCUT2D eigenvalue weighted by Gasteiger charge is 2.33. The van der Waals surface area contributed by atoms with Crippen LogP contribution in [0.1, 0.15) is 18.4 Å². The monoisotopic (exact) mass is 456 g/mol. The van der Waals surface area contributed by atoms with Crippen LogP contribution in [0, 0.1) is 5.92 Å². The second-order valence-electron chi connectivity index (χ2n) is 6.59. The third kappa shape index (κ3) is 5.57. The Morgan fingerprint density at radius 3 is 2.55 bits per heavy atom. The highest BCUT2D eigenvalue weighted by molar-refractivity contribution is 7.91. The molecule has 29 heavy (non-hydrogen) atoms. The summed E-state index contributed by atoms with van der Waals surface area (Å²) in [4.78, 5) is 24.1. The van der Waals surface area contributed by atoms with Crippen LogP contribution in [0.3, 0.4) is 0 Å². The van der Waals surface area contributed by atoms with E-state index in [9.17, 15) is 18.0 Å². The van der Waals surface area contributed by atoms with Gasteiger partial charge in [0.2, 0.25) is 0 Å². The van der Waals surface area contributed by atoms with Crippen molar-refractivity contribution in [1.82, 2.24) is 9.62 Å². The quantitative estimate of drug-likeness (QED) is 0.646. The lowest BCUT2D eigenvalue weighted by Gasteiger charge is -2.29. The summed E-state index contributed by atoms with van der Waals surface area (Å²) in [5.74, 6) is -1.32. The Morgan fingerprint density at radius 2 is 1.90 bits per heavy atom. The topological polar surface area (TPSA) is 92.8 Å². The number of nitrogens with zero attached hydrogens (tertiary/aromatic N) is 1. The van der Waals surface area contributed by atoms with Gasteiger partial charge >= 0.3 is 5.97 Å². The van der Waals surface area contributed by atoms with Crippen LogP contribution in [-0.2, 0) is 30.9 Å². The lowest BCUT2D eigenvalue weighted by Crippen LogP contribution is -2.40. The number of carbonyl (C=O) groups excluding carboxylic acids is 2. The van der Waals surface area contributed by atoms with Crippen LogP contribution >= 0.6 is 22.9 Å². The van der Waals surface area contributed by atoms with E-state index in [-0.39, 0.29) is 26.2 Å². The van der Waals surface area contributed by atoms with Gasteiger partial charge in [0.15, 0.2) is 6.61 Å². The molecule has 0 bridgehead atoms. The number of carbonyl (C=O) groups is 2. The molecule has 2 heterocycles. The summed E-state index contributed by atoms with van der Waals surface area (Å²) in [5.41, 5.74) is 0.771. The lowest BCUT2D eigenvalue weighted by atomic mass is 9.98. The number of ether oxygens (including phenoxy) is 1. The van der Waals surface area contributed by atoms with Crippen LogP contribution < -0.4 is 5.32 Å². The van der Waals surface area contributed by atoms with Crippen molar-refractivity contribution in [3.8, 4) is 0 Å². The fraction of sp³-hybridized carbons (Fsp3) is 0.368. The maximum absolute atomic E-state index is 12.5. The highest BCUT2D eigenvalue weighted by atomic mass is 35.5. The maximum Gasteiger partial charge on any atom is 0.309 e. The number of hydrogen-bond donors (Lipinski definition) is 1. The molecule has 0 spiro atoms. The van der Waals surface area contributed by atoms with E-state index in [4.69, 9.17) is 16.3 Å². The fourth-order valence-corrected chi connectivity index (χ4v) is 5.83. The van der Waals surface area contributed by atoms with Crippen molar-refractivity contribution in [2.75, 3.05) is 19.7 Å². The van der Waals surface area contributed by atoms with Gasteiger partial charge in [-0.15, -0.1) is 11.3 Å². The Hall–Kier alpha value is -1.94.